The van der Waals surface area contributed by atoms with Crippen LogP contribution in [-0.2, 0) is 19.1 Å². The molecule has 1 aliphatic heterocycles. The SMILES string of the molecule is Cc1ccc(NC(=O)[C@@H](C)OC(=O)CCN2C(=O)CSc3ccccc32)cc1F. The Morgan fingerprint density at radius 3 is 2.79 bits per heavy atom. The molecule has 1 atom stereocenters. The summed E-state index contributed by atoms with van der Waals surface area (Å²) in [5.41, 5.74) is 1.53. The second-order valence-electron chi connectivity index (χ2n) is 6.64. The van der Waals surface area contributed by atoms with E-state index in [1.807, 2.05) is 24.3 Å². The van der Waals surface area contributed by atoms with E-state index in [1.165, 1.54) is 24.8 Å². The molecule has 0 unspecified atom stereocenters. The molecule has 0 saturated carbocycles. The largest absolute Gasteiger partial charge is 0.452 e. The Balaban J connectivity index is 1.53. The molecule has 6 nitrogen and oxygen atoms in total. The van der Waals surface area contributed by atoms with Crippen LogP contribution in [0.3, 0.4) is 0 Å². The van der Waals surface area contributed by atoms with E-state index in [2.05, 4.69) is 5.32 Å². The van der Waals surface area contributed by atoms with Gasteiger partial charge in [0.05, 0.1) is 17.9 Å². The quantitative estimate of drug-likeness (QED) is 0.729. The van der Waals surface area contributed by atoms with Crippen molar-refractivity contribution in [1.29, 1.82) is 0 Å². The minimum atomic E-state index is -1.05. The van der Waals surface area contributed by atoms with Gasteiger partial charge in [0.15, 0.2) is 6.10 Å². The van der Waals surface area contributed by atoms with Gasteiger partial charge in [0, 0.05) is 17.1 Å². The first kappa shape index (κ1) is 20.9. The number of nitrogens with one attached hydrogen (secondary N) is 1. The van der Waals surface area contributed by atoms with E-state index in [9.17, 15) is 18.8 Å². The molecule has 0 radical (unpaired) electrons. The third-order valence-electron chi connectivity index (χ3n) is 4.46. The van der Waals surface area contributed by atoms with E-state index in [0.717, 1.165) is 10.6 Å². The van der Waals surface area contributed by atoms with Crippen LogP contribution < -0.4 is 10.2 Å². The first-order valence-corrected chi connectivity index (χ1v) is 10.1. The Bertz CT molecular complexity index is 950. The third kappa shape index (κ3) is 5.14. The lowest BCUT2D eigenvalue weighted by Gasteiger charge is -2.28. The van der Waals surface area contributed by atoms with Gasteiger partial charge in [-0.05, 0) is 43.7 Å². The average Bonchev–Trinajstić information content (AvgIpc) is 2.70. The Labute approximate surface area is 172 Å². The van der Waals surface area contributed by atoms with Crippen LogP contribution in [0.15, 0.2) is 47.4 Å². The number of hydrogen-bond donors (Lipinski definition) is 1. The van der Waals surface area contributed by atoms with Crippen molar-refractivity contribution in [1.82, 2.24) is 0 Å². The minimum Gasteiger partial charge on any atom is -0.452 e. The number of nitrogens with zero attached hydrogens (tertiary/aromatic N) is 1. The van der Waals surface area contributed by atoms with Gasteiger partial charge >= 0.3 is 5.97 Å². The molecule has 0 aliphatic carbocycles. The van der Waals surface area contributed by atoms with Crippen LogP contribution in [0.2, 0.25) is 0 Å². The van der Waals surface area contributed by atoms with Crippen molar-refractivity contribution >= 4 is 40.9 Å². The molecule has 29 heavy (non-hydrogen) atoms. The predicted molar refractivity (Wildman–Crippen MR) is 109 cm³/mol. The normalized spacial score (nSPS) is 14.2. The first-order chi connectivity index (χ1) is 13.8. The van der Waals surface area contributed by atoms with Crippen molar-refractivity contribution in [2.24, 2.45) is 0 Å². The van der Waals surface area contributed by atoms with E-state index in [1.54, 1.807) is 24.0 Å². The fourth-order valence-corrected chi connectivity index (χ4v) is 3.76. The number of aryl methyl sites for hydroxylation is 1. The van der Waals surface area contributed by atoms with Crippen LogP contribution in [0.25, 0.3) is 0 Å². The van der Waals surface area contributed by atoms with Crippen LogP contribution in [0.1, 0.15) is 18.9 Å². The van der Waals surface area contributed by atoms with E-state index in [0.29, 0.717) is 11.3 Å². The van der Waals surface area contributed by atoms with Gasteiger partial charge in [0.2, 0.25) is 5.91 Å². The third-order valence-corrected chi connectivity index (χ3v) is 5.51. The number of rotatable bonds is 6. The molecule has 3 rings (SSSR count). The van der Waals surface area contributed by atoms with Crippen molar-refractivity contribution in [2.75, 3.05) is 22.5 Å². The van der Waals surface area contributed by atoms with Crippen LogP contribution in [0.4, 0.5) is 15.8 Å². The number of esters is 1. The van der Waals surface area contributed by atoms with Crippen LogP contribution >= 0.6 is 11.8 Å². The van der Waals surface area contributed by atoms with E-state index >= 15 is 0 Å². The monoisotopic (exact) mass is 416 g/mol. The maximum Gasteiger partial charge on any atom is 0.308 e. The molecule has 2 aromatic rings. The second kappa shape index (κ2) is 9.09. The van der Waals surface area contributed by atoms with Gasteiger partial charge in [-0.15, -0.1) is 11.8 Å². The number of amides is 2. The summed E-state index contributed by atoms with van der Waals surface area (Å²) in [7, 11) is 0. The lowest BCUT2D eigenvalue weighted by atomic mass is 10.2. The summed E-state index contributed by atoms with van der Waals surface area (Å²) in [5.74, 6) is -1.34. The zero-order valence-electron chi connectivity index (χ0n) is 16.1. The van der Waals surface area contributed by atoms with Crippen molar-refractivity contribution in [3.05, 3.63) is 53.8 Å². The summed E-state index contributed by atoms with van der Waals surface area (Å²) in [6.07, 6.45) is -1.09. The Hall–Kier alpha value is -2.87. The van der Waals surface area contributed by atoms with Gasteiger partial charge in [0.1, 0.15) is 5.82 Å². The van der Waals surface area contributed by atoms with Crippen molar-refractivity contribution in [3.63, 3.8) is 0 Å². The molecule has 152 valence electrons. The summed E-state index contributed by atoms with van der Waals surface area (Å²) < 4.78 is 18.7. The number of carbonyl (C=O) groups is 3. The molecule has 0 fully saturated rings. The second-order valence-corrected chi connectivity index (χ2v) is 7.65. The summed E-state index contributed by atoms with van der Waals surface area (Å²) >= 11 is 1.47. The summed E-state index contributed by atoms with van der Waals surface area (Å²) in [4.78, 5) is 39.1. The van der Waals surface area contributed by atoms with Gasteiger partial charge in [-0.2, -0.15) is 0 Å². The number of ether oxygens (including phenoxy) is 1. The number of fused-ring (bicyclic) bond motifs is 1. The van der Waals surface area contributed by atoms with Crippen LogP contribution in [0.5, 0.6) is 0 Å². The number of anilines is 2. The standard InChI is InChI=1S/C21H21FN2O4S/c1-13-7-8-15(11-16(13)22)23-21(27)14(2)28-20(26)9-10-24-17-5-3-4-6-18(17)29-12-19(24)25/h3-8,11,14H,9-10,12H2,1-2H3,(H,23,27)/t14-/m1/s1. The number of benzene rings is 2. The molecule has 2 aromatic carbocycles. The highest BCUT2D eigenvalue weighted by Gasteiger charge is 2.26. The molecule has 1 heterocycles. The predicted octanol–water partition coefficient (Wildman–Crippen LogP) is 3.53. The molecule has 2 amide bonds. The van der Waals surface area contributed by atoms with Gasteiger partial charge in [-0.3, -0.25) is 14.4 Å². The van der Waals surface area contributed by atoms with Crippen molar-refractivity contribution in [3.8, 4) is 0 Å². The van der Waals surface area contributed by atoms with Gasteiger partial charge in [0.25, 0.3) is 5.91 Å². The topological polar surface area (TPSA) is 75.7 Å². The lowest BCUT2D eigenvalue weighted by Crippen LogP contribution is -2.38. The maximum absolute atomic E-state index is 13.6. The maximum atomic E-state index is 13.6. The fourth-order valence-electron chi connectivity index (χ4n) is 2.83. The summed E-state index contributed by atoms with van der Waals surface area (Å²) in [5, 5.41) is 2.52. The average molecular weight is 416 g/mol. The number of thioether (sulfide) groups is 1. The molecule has 0 bridgehead atoms. The molecular formula is C21H21FN2O4S. The summed E-state index contributed by atoms with van der Waals surface area (Å²) in [6, 6.07) is 11.8. The summed E-state index contributed by atoms with van der Waals surface area (Å²) in [6.45, 7) is 3.23. The number of para-hydroxylation sites is 1. The Morgan fingerprint density at radius 1 is 1.28 bits per heavy atom. The van der Waals surface area contributed by atoms with Gasteiger partial charge < -0.3 is 15.0 Å². The fraction of sp³-hybridized carbons (Fsp3) is 0.286. The molecule has 0 aromatic heterocycles. The van der Waals surface area contributed by atoms with Crippen molar-refractivity contribution in [2.45, 2.75) is 31.3 Å². The molecular weight excluding hydrogens is 395 g/mol. The number of carbonyl (C=O) groups excluding carboxylic acids is 3. The van der Waals surface area contributed by atoms with Crippen molar-refractivity contribution < 1.29 is 23.5 Å². The van der Waals surface area contributed by atoms with E-state index in [4.69, 9.17) is 4.74 Å². The lowest BCUT2D eigenvalue weighted by molar-refractivity contribution is -0.152. The van der Waals surface area contributed by atoms with E-state index < -0.39 is 23.8 Å². The minimum absolute atomic E-state index is 0.0402. The molecule has 0 spiro atoms. The molecule has 0 saturated heterocycles. The molecule has 1 aliphatic rings. The van der Waals surface area contributed by atoms with Crippen LogP contribution in [-0.4, -0.2) is 36.2 Å². The molecule has 1 N–H and O–H groups in total. The number of halogens is 1. The van der Waals surface area contributed by atoms with Gasteiger partial charge in [-0.25, -0.2) is 4.39 Å². The Kier molecular flexibility index (Phi) is 6.53. The Morgan fingerprint density at radius 2 is 2.03 bits per heavy atom. The zero-order valence-corrected chi connectivity index (χ0v) is 16.9. The highest BCUT2D eigenvalue weighted by atomic mass is 32.2. The highest BCUT2D eigenvalue weighted by molar-refractivity contribution is 8.00. The zero-order chi connectivity index (χ0) is 21.0. The molecule has 8 heteroatoms. The van der Waals surface area contributed by atoms with E-state index in [-0.39, 0.29) is 24.6 Å². The van der Waals surface area contributed by atoms with Crippen LogP contribution in [0, 0.1) is 12.7 Å². The van der Waals surface area contributed by atoms with Gasteiger partial charge in [-0.1, -0.05) is 18.2 Å². The highest BCUT2D eigenvalue weighted by Crippen LogP contribution is 2.34. The number of hydrogen-bond acceptors (Lipinski definition) is 5. The smallest absolute Gasteiger partial charge is 0.308 e. The first-order valence-electron chi connectivity index (χ1n) is 9.14.